The van der Waals surface area contributed by atoms with Crippen molar-refractivity contribution >= 4 is 27.9 Å². The second kappa shape index (κ2) is 4.71. The molecule has 1 amide bonds. The first-order chi connectivity index (χ1) is 7.66. The molecule has 1 fully saturated rings. The lowest BCUT2D eigenvalue weighted by Gasteiger charge is -2.07. The van der Waals surface area contributed by atoms with Crippen molar-refractivity contribution in [3.05, 3.63) is 10.9 Å². The first kappa shape index (κ1) is 11.2. The quantitative estimate of drug-likeness (QED) is 0.729. The number of hydrogen-bond donors (Lipinski definition) is 3. The maximum absolute atomic E-state index is 11.0. The number of amides is 1. The Morgan fingerprint density at radius 1 is 1.69 bits per heavy atom. The van der Waals surface area contributed by atoms with Gasteiger partial charge in [-0.15, -0.1) is 11.3 Å². The van der Waals surface area contributed by atoms with Gasteiger partial charge in [0.1, 0.15) is 4.88 Å². The molecule has 1 unspecified atom stereocenters. The van der Waals surface area contributed by atoms with Crippen LogP contribution >= 0.6 is 11.3 Å². The van der Waals surface area contributed by atoms with Crippen molar-refractivity contribution in [2.45, 2.75) is 6.42 Å². The van der Waals surface area contributed by atoms with Crippen molar-refractivity contribution in [3.8, 4) is 0 Å². The zero-order chi connectivity index (χ0) is 11.5. The summed E-state index contributed by atoms with van der Waals surface area (Å²) in [6.07, 6.45) is 1.08. The second-order valence-corrected chi connectivity index (χ2v) is 4.92. The van der Waals surface area contributed by atoms with Crippen molar-refractivity contribution < 1.29 is 9.53 Å². The Kier molecular flexibility index (Phi) is 3.31. The molecule has 0 aromatic carbocycles. The third-order valence-electron chi connectivity index (χ3n) is 2.57. The third-order valence-corrected chi connectivity index (χ3v) is 3.70. The van der Waals surface area contributed by atoms with Crippen LogP contribution in [0.25, 0.3) is 0 Å². The lowest BCUT2D eigenvalue weighted by molar-refractivity contribution is 0.100. The highest BCUT2D eigenvalue weighted by Crippen LogP contribution is 2.29. The summed E-state index contributed by atoms with van der Waals surface area (Å²) in [5, 5.41) is 4.14. The Bertz CT molecular complexity index is 385. The largest absolute Gasteiger partial charge is 0.397 e. The molecular weight excluding hydrogens is 226 g/mol. The number of nitrogens with two attached hydrogens (primary N) is 2. The van der Waals surface area contributed by atoms with Gasteiger partial charge in [-0.25, -0.2) is 0 Å². The van der Waals surface area contributed by atoms with E-state index < -0.39 is 5.91 Å². The zero-order valence-electron chi connectivity index (χ0n) is 8.86. The lowest BCUT2D eigenvalue weighted by Crippen LogP contribution is -2.13. The summed E-state index contributed by atoms with van der Waals surface area (Å²) in [4.78, 5) is 11.4. The Morgan fingerprint density at radius 3 is 3.06 bits per heavy atom. The Hall–Kier alpha value is -1.27. The summed E-state index contributed by atoms with van der Waals surface area (Å²) < 4.78 is 5.28. The van der Waals surface area contributed by atoms with Crippen molar-refractivity contribution in [2.75, 3.05) is 30.8 Å². The summed E-state index contributed by atoms with van der Waals surface area (Å²) in [6.45, 7) is 2.49. The van der Waals surface area contributed by atoms with Gasteiger partial charge in [0.15, 0.2) is 0 Å². The summed E-state index contributed by atoms with van der Waals surface area (Å²) in [5.41, 5.74) is 11.3. The van der Waals surface area contributed by atoms with Gasteiger partial charge in [-0.2, -0.15) is 0 Å². The van der Waals surface area contributed by atoms with E-state index in [1.807, 2.05) is 0 Å². The number of anilines is 2. The minimum Gasteiger partial charge on any atom is -0.397 e. The molecule has 16 heavy (non-hydrogen) atoms. The maximum Gasteiger partial charge on any atom is 0.260 e. The molecule has 0 spiro atoms. The van der Waals surface area contributed by atoms with Gasteiger partial charge >= 0.3 is 0 Å². The molecule has 0 radical (unpaired) electrons. The Balaban J connectivity index is 1.94. The molecule has 2 heterocycles. The maximum atomic E-state index is 11.0. The van der Waals surface area contributed by atoms with E-state index in [2.05, 4.69) is 5.32 Å². The van der Waals surface area contributed by atoms with Gasteiger partial charge < -0.3 is 21.5 Å². The van der Waals surface area contributed by atoms with Crippen LogP contribution in [-0.2, 0) is 4.74 Å². The predicted molar refractivity (Wildman–Crippen MR) is 64.7 cm³/mol. The molecule has 6 heteroatoms. The van der Waals surface area contributed by atoms with Crippen LogP contribution in [0, 0.1) is 5.92 Å². The fraction of sp³-hybridized carbons (Fsp3) is 0.500. The summed E-state index contributed by atoms with van der Waals surface area (Å²) >= 11 is 1.30. The van der Waals surface area contributed by atoms with Gasteiger partial charge in [-0.1, -0.05) is 0 Å². The molecule has 5 N–H and O–H groups in total. The van der Waals surface area contributed by atoms with E-state index in [-0.39, 0.29) is 0 Å². The molecule has 1 saturated heterocycles. The zero-order valence-corrected chi connectivity index (χ0v) is 9.68. The van der Waals surface area contributed by atoms with Gasteiger partial charge in [-0.3, -0.25) is 4.79 Å². The fourth-order valence-corrected chi connectivity index (χ4v) is 2.51. The molecule has 0 bridgehead atoms. The summed E-state index contributed by atoms with van der Waals surface area (Å²) in [7, 11) is 0. The molecular formula is C10H15N3O2S. The number of primary amides is 1. The number of carbonyl (C=O) groups is 1. The van der Waals surface area contributed by atoms with E-state index in [9.17, 15) is 4.79 Å². The minimum atomic E-state index is -0.472. The van der Waals surface area contributed by atoms with Crippen LogP contribution in [0.3, 0.4) is 0 Å². The monoisotopic (exact) mass is 241 g/mol. The predicted octanol–water partition coefficient (Wildman–Crippen LogP) is 0.878. The number of nitrogen functional groups attached to an aromatic ring is 1. The Labute approximate surface area is 97.8 Å². The third kappa shape index (κ3) is 2.45. The van der Waals surface area contributed by atoms with Crippen molar-refractivity contribution in [2.24, 2.45) is 11.7 Å². The van der Waals surface area contributed by atoms with E-state index in [0.717, 1.165) is 31.2 Å². The summed E-state index contributed by atoms with van der Waals surface area (Å²) in [5.74, 6) is 0.0695. The number of nitrogens with one attached hydrogen (secondary N) is 1. The van der Waals surface area contributed by atoms with Crippen LogP contribution in [0.1, 0.15) is 16.1 Å². The standard InChI is InChI=1S/C10H15N3O2S/c11-7-3-8(16-9(7)10(12)14)13-4-6-1-2-15-5-6/h3,6,13H,1-2,4-5,11H2,(H2,12,14). The average Bonchev–Trinajstić information content (AvgIpc) is 2.83. The number of thiophene rings is 1. The van der Waals surface area contributed by atoms with Crippen LogP contribution in [0.2, 0.25) is 0 Å². The lowest BCUT2D eigenvalue weighted by atomic mass is 10.1. The molecule has 0 saturated carbocycles. The molecule has 2 rings (SSSR count). The normalized spacial score (nSPS) is 19.9. The number of ether oxygens (including phenoxy) is 1. The average molecular weight is 241 g/mol. The highest BCUT2D eigenvalue weighted by atomic mass is 32.1. The van der Waals surface area contributed by atoms with E-state index >= 15 is 0 Å². The van der Waals surface area contributed by atoms with E-state index in [1.54, 1.807) is 6.07 Å². The second-order valence-electron chi connectivity index (χ2n) is 3.87. The number of rotatable bonds is 4. The topological polar surface area (TPSA) is 90.4 Å². The van der Waals surface area contributed by atoms with Gasteiger partial charge in [0.2, 0.25) is 0 Å². The van der Waals surface area contributed by atoms with E-state index in [0.29, 0.717) is 16.5 Å². The first-order valence-electron chi connectivity index (χ1n) is 5.17. The highest BCUT2D eigenvalue weighted by molar-refractivity contribution is 7.18. The SMILES string of the molecule is NC(=O)c1sc(NCC2CCOC2)cc1N. The van der Waals surface area contributed by atoms with Crippen LogP contribution in [0.4, 0.5) is 10.7 Å². The van der Waals surface area contributed by atoms with Crippen LogP contribution < -0.4 is 16.8 Å². The molecule has 1 aliphatic heterocycles. The highest BCUT2D eigenvalue weighted by Gasteiger charge is 2.16. The number of carbonyl (C=O) groups excluding carboxylic acids is 1. The van der Waals surface area contributed by atoms with Crippen molar-refractivity contribution in [1.29, 1.82) is 0 Å². The van der Waals surface area contributed by atoms with Crippen LogP contribution in [-0.4, -0.2) is 25.7 Å². The molecule has 0 aliphatic carbocycles. The van der Waals surface area contributed by atoms with Gasteiger partial charge in [-0.05, 0) is 12.5 Å². The molecule has 1 aromatic heterocycles. The molecule has 5 nitrogen and oxygen atoms in total. The minimum absolute atomic E-state index is 0.421. The van der Waals surface area contributed by atoms with E-state index in [1.165, 1.54) is 11.3 Å². The van der Waals surface area contributed by atoms with Gasteiger partial charge in [0.05, 0.1) is 17.3 Å². The van der Waals surface area contributed by atoms with Crippen molar-refractivity contribution in [1.82, 2.24) is 0 Å². The molecule has 1 atom stereocenters. The molecule has 88 valence electrons. The summed E-state index contributed by atoms with van der Waals surface area (Å²) in [6, 6.07) is 1.75. The van der Waals surface area contributed by atoms with Gasteiger partial charge in [0.25, 0.3) is 5.91 Å². The van der Waals surface area contributed by atoms with Crippen molar-refractivity contribution in [3.63, 3.8) is 0 Å². The Morgan fingerprint density at radius 2 is 2.50 bits per heavy atom. The molecule has 1 aliphatic rings. The van der Waals surface area contributed by atoms with Gasteiger partial charge in [0, 0.05) is 19.1 Å². The van der Waals surface area contributed by atoms with Crippen LogP contribution in [0.5, 0.6) is 0 Å². The fourth-order valence-electron chi connectivity index (χ4n) is 1.67. The number of hydrogen-bond acceptors (Lipinski definition) is 5. The smallest absolute Gasteiger partial charge is 0.260 e. The molecule has 1 aromatic rings. The first-order valence-corrected chi connectivity index (χ1v) is 5.99. The van der Waals surface area contributed by atoms with E-state index in [4.69, 9.17) is 16.2 Å². The van der Waals surface area contributed by atoms with Crippen LogP contribution in [0.15, 0.2) is 6.07 Å².